The molecule has 1 aliphatic carbocycles. The van der Waals surface area contributed by atoms with Crippen LogP contribution in [0, 0.1) is 5.92 Å². The lowest BCUT2D eigenvalue weighted by Gasteiger charge is -2.31. The van der Waals surface area contributed by atoms with Gasteiger partial charge in [0, 0.05) is 12.6 Å². The number of benzene rings is 1. The molecule has 20 heavy (non-hydrogen) atoms. The van der Waals surface area contributed by atoms with E-state index in [2.05, 4.69) is 36.1 Å². The van der Waals surface area contributed by atoms with E-state index in [0.717, 1.165) is 18.4 Å². The Balaban J connectivity index is 1.82. The molecule has 0 spiro atoms. The third-order valence-corrected chi connectivity index (χ3v) is 5.09. The maximum atomic E-state index is 6.17. The van der Waals surface area contributed by atoms with Crippen molar-refractivity contribution in [2.45, 2.75) is 51.0 Å². The Bertz CT molecular complexity index is 439. The van der Waals surface area contributed by atoms with E-state index in [-0.39, 0.29) is 0 Å². The normalized spacial score (nSPS) is 26.2. The number of hydrogen-bond donors (Lipinski definition) is 1. The standard InChI is InChI=1S/C18H28N2/c1-14-5-4-11-20(12-10-14)18(13-19)17-7-3-2-6-16(17)15-8-9-15/h2-3,6-7,14-15,18H,4-5,8-13,19H2,1H3. The van der Waals surface area contributed by atoms with Crippen molar-refractivity contribution in [1.82, 2.24) is 4.90 Å². The summed E-state index contributed by atoms with van der Waals surface area (Å²) < 4.78 is 0. The summed E-state index contributed by atoms with van der Waals surface area (Å²) >= 11 is 0. The van der Waals surface area contributed by atoms with E-state index in [1.807, 2.05) is 0 Å². The molecule has 2 atom stereocenters. The molecule has 0 aromatic heterocycles. The Morgan fingerprint density at radius 2 is 1.95 bits per heavy atom. The van der Waals surface area contributed by atoms with Crippen molar-refractivity contribution in [3.63, 3.8) is 0 Å². The minimum atomic E-state index is 0.428. The molecule has 1 heterocycles. The average molecular weight is 272 g/mol. The van der Waals surface area contributed by atoms with Crippen LogP contribution in [0.15, 0.2) is 24.3 Å². The molecule has 1 saturated carbocycles. The molecule has 0 amide bonds. The summed E-state index contributed by atoms with van der Waals surface area (Å²) in [5.74, 6) is 1.68. The van der Waals surface area contributed by atoms with Crippen LogP contribution in [0.1, 0.15) is 62.1 Å². The first kappa shape index (κ1) is 14.1. The Kier molecular flexibility index (Phi) is 4.42. The first-order chi connectivity index (χ1) is 9.79. The van der Waals surface area contributed by atoms with E-state index in [9.17, 15) is 0 Å². The Labute approximate surface area is 123 Å². The van der Waals surface area contributed by atoms with Crippen molar-refractivity contribution in [2.24, 2.45) is 11.7 Å². The van der Waals surface area contributed by atoms with Gasteiger partial charge in [-0.3, -0.25) is 4.90 Å². The van der Waals surface area contributed by atoms with Crippen LogP contribution >= 0.6 is 0 Å². The summed E-state index contributed by atoms with van der Waals surface area (Å²) in [5, 5.41) is 0. The number of likely N-dealkylation sites (tertiary alicyclic amines) is 1. The van der Waals surface area contributed by atoms with Crippen molar-refractivity contribution in [2.75, 3.05) is 19.6 Å². The molecule has 3 rings (SSSR count). The van der Waals surface area contributed by atoms with Crippen LogP contribution in [-0.2, 0) is 0 Å². The molecule has 2 fully saturated rings. The van der Waals surface area contributed by atoms with Crippen LogP contribution < -0.4 is 5.73 Å². The van der Waals surface area contributed by atoms with Gasteiger partial charge in [0.25, 0.3) is 0 Å². The smallest absolute Gasteiger partial charge is 0.0473 e. The largest absolute Gasteiger partial charge is 0.329 e. The van der Waals surface area contributed by atoms with Crippen molar-refractivity contribution >= 4 is 0 Å². The third kappa shape index (κ3) is 3.07. The molecule has 2 N–H and O–H groups in total. The minimum Gasteiger partial charge on any atom is -0.329 e. The zero-order chi connectivity index (χ0) is 13.9. The highest BCUT2D eigenvalue weighted by molar-refractivity contribution is 5.35. The lowest BCUT2D eigenvalue weighted by atomic mass is 9.95. The topological polar surface area (TPSA) is 29.3 Å². The number of hydrogen-bond acceptors (Lipinski definition) is 2. The zero-order valence-corrected chi connectivity index (χ0v) is 12.7. The highest BCUT2D eigenvalue weighted by atomic mass is 15.2. The molecule has 1 aliphatic heterocycles. The van der Waals surface area contributed by atoms with E-state index < -0.39 is 0 Å². The van der Waals surface area contributed by atoms with Gasteiger partial charge in [-0.2, -0.15) is 0 Å². The van der Waals surface area contributed by atoms with Gasteiger partial charge in [0.05, 0.1) is 0 Å². The van der Waals surface area contributed by atoms with Gasteiger partial charge >= 0.3 is 0 Å². The van der Waals surface area contributed by atoms with Crippen molar-refractivity contribution < 1.29 is 0 Å². The maximum Gasteiger partial charge on any atom is 0.0473 e. The highest BCUT2D eigenvalue weighted by Crippen LogP contribution is 2.43. The summed E-state index contributed by atoms with van der Waals surface area (Å²) in [4.78, 5) is 2.64. The van der Waals surface area contributed by atoms with Crippen LogP contribution in [0.2, 0.25) is 0 Å². The molecule has 1 aromatic carbocycles. The van der Waals surface area contributed by atoms with Crippen molar-refractivity contribution in [3.8, 4) is 0 Å². The van der Waals surface area contributed by atoms with E-state index in [4.69, 9.17) is 5.73 Å². The SMILES string of the molecule is CC1CCCN(C(CN)c2ccccc2C2CC2)CC1. The fraction of sp³-hybridized carbons (Fsp3) is 0.667. The summed E-state index contributed by atoms with van der Waals surface area (Å²) in [6, 6.07) is 9.45. The van der Waals surface area contributed by atoms with E-state index in [1.165, 1.54) is 50.8 Å². The molecule has 2 aliphatic rings. The van der Waals surface area contributed by atoms with Crippen LogP contribution in [0.4, 0.5) is 0 Å². The van der Waals surface area contributed by atoms with Crippen LogP contribution in [0.25, 0.3) is 0 Å². The summed E-state index contributed by atoms with van der Waals surface area (Å²) in [6.45, 7) is 5.56. The Morgan fingerprint density at radius 1 is 1.15 bits per heavy atom. The average Bonchev–Trinajstić information content (AvgIpc) is 3.29. The second-order valence-electron chi connectivity index (χ2n) is 6.73. The second kappa shape index (κ2) is 6.28. The van der Waals surface area contributed by atoms with Crippen molar-refractivity contribution in [1.29, 1.82) is 0 Å². The molecule has 2 nitrogen and oxygen atoms in total. The molecule has 110 valence electrons. The van der Waals surface area contributed by atoms with Crippen molar-refractivity contribution in [3.05, 3.63) is 35.4 Å². The molecular weight excluding hydrogens is 244 g/mol. The predicted molar refractivity (Wildman–Crippen MR) is 84.8 cm³/mol. The number of nitrogens with zero attached hydrogens (tertiary/aromatic N) is 1. The molecule has 2 unspecified atom stereocenters. The molecule has 0 radical (unpaired) electrons. The van der Waals surface area contributed by atoms with Gasteiger partial charge in [0.1, 0.15) is 0 Å². The first-order valence-corrected chi connectivity index (χ1v) is 8.32. The Morgan fingerprint density at radius 3 is 2.70 bits per heavy atom. The van der Waals surface area contributed by atoms with Gasteiger partial charge in [0.2, 0.25) is 0 Å². The lowest BCUT2D eigenvalue weighted by molar-refractivity contribution is 0.207. The lowest BCUT2D eigenvalue weighted by Crippen LogP contribution is -2.35. The highest BCUT2D eigenvalue weighted by Gasteiger charge is 2.30. The first-order valence-electron chi connectivity index (χ1n) is 8.32. The minimum absolute atomic E-state index is 0.428. The predicted octanol–water partition coefficient (Wildman–Crippen LogP) is 3.69. The third-order valence-electron chi connectivity index (χ3n) is 5.09. The summed E-state index contributed by atoms with van der Waals surface area (Å²) in [6.07, 6.45) is 6.75. The fourth-order valence-electron chi connectivity index (χ4n) is 3.65. The molecule has 1 saturated heterocycles. The molecule has 2 heteroatoms. The quantitative estimate of drug-likeness (QED) is 0.906. The van der Waals surface area contributed by atoms with Gasteiger partial charge in [0.15, 0.2) is 0 Å². The summed E-state index contributed by atoms with van der Waals surface area (Å²) in [5.41, 5.74) is 9.25. The Hall–Kier alpha value is -0.860. The van der Waals surface area contributed by atoms with E-state index in [0.29, 0.717) is 6.04 Å². The maximum absolute atomic E-state index is 6.17. The van der Waals surface area contributed by atoms with Gasteiger partial charge in [-0.05, 0) is 68.2 Å². The fourth-order valence-corrected chi connectivity index (χ4v) is 3.65. The van der Waals surface area contributed by atoms with Gasteiger partial charge in [-0.25, -0.2) is 0 Å². The zero-order valence-electron chi connectivity index (χ0n) is 12.7. The van der Waals surface area contributed by atoms with Crippen LogP contribution in [0.3, 0.4) is 0 Å². The number of rotatable bonds is 4. The number of nitrogens with two attached hydrogens (primary N) is 1. The van der Waals surface area contributed by atoms with Crippen LogP contribution in [0.5, 0.6) is 0 Å². The van der Waals surface area contributed by atoms with E-state index >= 15 is 0 Å². The monoisotopic (exact) mass is 272 g/mol. The molecular formula is C18H28N2. The van der Waals surface area contributed by atoms with Gasteiger partial charge < -0.3 is 5.73 Å². The van der Waals surface area contributed by atoms with E-state index in [1.54, 1.807) is 5.56 Å². The second-order valence-corrected chi connectivity index (χ2v) is 6.73. The van der Waals surface area contributed by atoms with Crippen LogP contribution in [-0.4, -0.2) is 24.5 Å². The summed E-state index contributed by atoms with van der Waals surface area (Å²) in [7, 11) is 0. The van der Waals surface area contributed by atoms with Gasteiger partial charge in [-0.15, -0.1) is 0 Å². The van der Waals surface area contributed by atoms with Gasteiger partial charge in [-0.1, -0.05) is 31.2 Å². The molecule has 1 aromatic rings. The molecule has 0 bridgehead atoms.